The van der Waals surface area contributed by atoms with Crippen LogP contribution in [0.1, 0.15) is 6.92 Å². The summed E-state index contributed by atoms with van der Waals surface area (Å²) in [5.41, 5.74) is 0. The number of rotatable bonds is 4. The van der Waals surface area contributed by atoms with Gasteiger partial charge in [0.25, 0.3) is 0 Å². The quantitative estimate of drug-likeness (QED) is 0.608. The first-order chi connectivity index (χ1) is 4.48. The molecule has 0 aromatic carbocycles. The molecule has 1 atom stereocenters. The van der Waals surface area contributed by atoms with Crippen molar-refractivity contribution < 1.29 is 12.6 Å². The van der Waals surface area contributed by atoms with Gasteiger partial charge in [-0.25, -0.2) is 8.42 Å². The summed E-state index contributed by atoms with van der Waals surface area (Å²) in [6.07, 6.45) is 1.51. The van der Waals surface area contributed by atoms with Crippen LogP contribution in [0.4, 0.5) is 0 Å². The Kier molecular flexibility index (Phi) is 4.12. The molecule has 3 nitrogen and oxygen atoms in total. The van der Waals surface area contributed by atoms with Crippen molar-refractivity contribution in [2.75, 3.05) is 23.5 Å². The van der Waals surface area contributed by atoms with Gasteiger partial charge < -0.3 is 0 Å². The zero-order valence-electron chi connectivity index (χ0n) is 6.16. The van der Waals surface area contributed by atoms with Gasteiger partial charge in [-0.05, 0) is 0 Å². The maximum atomic E-state index is 10.8. The van der Waals surface area contributed by atoms with Crippen molar-refractivity contribution in [3.8, 4) is 0 Å². The molecule has 0 saturated heterocycles. The SMILES string of the molecule is CCS(=O)(=O)CCS(C)=O. The van der Waals surface area contributed by atoms with E-state index in [9.17, 15) is 12.6 Å². The van der Waals surface area contributed by atoms with E-state index in [0.29, 0.717) is 0 Å². The van der Waals surface area contributed by atoms with Gasteiger partial charge in [-0.3, -0.25) is 4.21 Å². The summed E-state index contributed by atoms with van der Waals surface area (Å²) in [5.74, 6) is 0.451. The maximum Gasteiger partial charge on any atom is 0.150 e. The minimum Gasteiger partial charge on any atom is -0.260 e. The third-order valence-electron chi connectivity index (χ3n) is 1.12. The summed E-state index contributed by atoms with van der Waals surface area (Å²) in [6, 6.07) is 0. The first-order valence-electron chi connectivity index (χ1n) is 2.98. The average Bonchev–Trinajstić information content (AvgIpc) is 1.85. The van der Waals surface area contributed by atoms with Crippen molar-refractivity contribution in [3.05, 3.63) is 0 Å². The number of hydrogen-bond donors (Lipinski definition) is 0. The van der Waals surface area contributed by atoms with Crippen LogP contribution in [0.25, 0.3) is 0 Å². The van der Waals surface area contributed by atoms with Crippen molar-refractivity contribution >= 4 is 20.6 Å². The lowest BCUT2D eigenvalue weighted by Crippen LogP contribution is -2.14. The largest absolute Gasteiger partial charge is 0.260 e. The first-order valence-corrected chi connectivity index (χ1v) is 6.53. The lowest BCUT2D eigenvalue weighted by Gasteiger charge is -1.96. The van der Waals surface area contributed by atoms with Crippen LogP contribution in [0.2, 0.25) is 0 Å². The monoisotopic (exact) mass is 184 g/mol. The topological polar surface area (TPSA) is 51.2 Å². The van der Waals surface area contributed by atoms with Crippen molar-refractivity contribution in [2.45, 2.75) is 6.92 Å². The van der Waals surface area contributed by atoms with Crippen LogP contribution in [0.5, 0.6) is 0 Å². The van der Waals surface area contributed by atoms with Crippen molar-refractivity contribution in [3.63, 3.8) is 0 Å². The molecule has 0 bridgehead atoms. The first kappa shape index (κ1) is 10.1. The van der Waals surface area contributed by atoms with Crippen molar-refractivity contribution in [1.82, 2.24) is 0 Å². The molecule has 0 aliphatic rings. The predicted molar refractivity (Wildman–Crippen MR) is 43.3 cm³/mol. The summed E-state index contributed by atoms with van der Waals surface area (Å²) in [6.45, 7) is 1.59. The Morgan fingerprint density at radius 2 is 1.90 bits per heavy atom. The van der Waals surface area contributed by atoms with E-state index < -0.39 is 20.6 Å². The van der Waals surface area contributed by atoms with Crippen LogP contribution >= 0.6 is 0 Å². The fourth-order valence-electron chi connectivity index (χ4n) is 0.389. The van der Waals surface area contributed by atoms with E-state index in [1.165, 1.54) is 6.26 Å². The van der Waals surface area contributed by atoms with Gasteiger partial charge in [0.05, 0.1) is 5.75 Å². The van der Waals surface area contributed by atoms with E-state index in [0.717, 1.165) is 0 Å². The highest BCUT2D eigenvalue weighted by molar-refractivity contribution is 7.92. The van der Waals surface area contributed by atoms with Crippen LogP contribution in [-0.4, -0.2) is 36.1 Å². The zero-order valence-corrected chi connectivity index (χ0v) is 7.80. The molecule has 0 rings (SSSR count). The molecule has 0 N–H and O–H groups in total. The molecule has 0 spiro atoms. The zero-order chi connectivity index (χ0) is 8.20. The minimum atomic E-state index is -2.91. The lowest BCUT2D eigenvalue weighted by atomic mass is 10.9. The third kappa shape index (κ3) is 4.93. The number of sulfone groups is 1. The van der Waals surface area contributed by atoms with Gasteiger partial charge in [0.2, 0.25) is 0 Å². The molecular weight excluding hydrogens is 172 g/mol. The summed E-state index contributed by atoms with van der Waals surface area (Å²) in [5, 5.41) is 0. The second-order valence-electron chi connectivity index (χ2n) is 2.01. The molecule has 0 aromatic rings. The molecule has 5 heteroatoms. The Labute approximate surface area is 64.2 Å². The normalized spacial score (nSPS) is 15.0. The highest BCUT2D eigenvalue weighted by Gasteiger charge is 2.06. The molecule has 0 saturated carbocycles. The van der Waals surface area contributed by atoms with Crippen LogP contribution in [0.15, 0.2) is 0 Å². The molecule has 0 aromatic heterocycles. The van der Waals surface area contributed by atoms with Crippen LogP contribution in [0.3, 0.4) is 0 Å². The summed E-state index contributed by atoms with van der Waals surface area (Å²) >= 11 is 0. The van der Waals surface area contributed by atoms with Crippen LogP contribution in [0, 0.1) is 0 Å². The average molecular weight is 184 g/mol. The molecule has 0 heterocycles. The van der Waals surface area contributed by atoms with Gasteiger partial charge in [-0.15, -0.1) is 0 Å². The molecule has 10 heavy (non-hydrogen) atoms. The Morgan fingerprint density at radius 1 is 1.40 bits per heavy atom. The standard InChI is InChI=1S/C5H12O3S2/c1-3-10(7,8)5-4-9(2)6/h3-5H2,1-2H3. The molecule has 1 unspecified atom stereocenters. The Bertz CT molecular complexity index is 205. The van der Waals surface area contributed by atoms with E-state index in [4.69, 9.17) is 0 Å². The summed E-state index contributed by atoms with van der Waals surface area (Å²) in [7, 11) is -3.90. The second kappa shape index (κ2) is 4.08. The predicted octanol–water partition coefficient (Wildman–Crippen LogP) is -0.200. The third-order valence-corrected chi connectivity index (χ3v) is 3.86. The molecule has 62 valence electrons. The van der Waals surface area contributed by atoms with E-state index in [1.54, 1.807) is 6.92 Å². The Morgan fingerprint density at radius 3 is 2.20 bits per heavy atom. The van der Waals surface area contributed by atoms with Gasteiger partial charge in [0.1, 0.15) is 0 Å². The van der Waals surface area contributed by atoms with E-state index in [2.05, 4.69) is 0 Å². The fraction of sp³-hybridized carbons (Fsp3) is 1.00. The van der Waals surface area contributed by atoms with Gasteiger partial charge >= 0.3 is 0 Å². The highest BCUT2D eigenvalue weighted by atomic mass is 32.2. The summed E-state index contributed by atoms with van der Waals surface area (Å²) in [4.78, 5) is 0. The van der Waals surface area contributed by atoms with E-state index in [1.807, 2.05) is 0 Å². The lowest BCUT2D eigenvalue weighted by molar-refractivity contribution is 0.598. The number of hydrogen-bond acceptors (Lipinski definition) is 3. The summed E-state index contributed by atoms with van der Waals surface area (Å²) < 4.78 is 32.0. The minimum absolute atomic E-state index is 0.0482. The van der Waals surface area contributed by atoms with Crippen molar-refractivity contribution in [1.29, 1.82) is 0 Å². The van der Waals surface area contributed by atoms with Gasteiger partial charge in [-0.1, -0.05) is 6.92 Å². The van der Waals surface area contributed by atoms with E-state index in [-0.39, 0.29) is 17.3 Å². The van der Waals surface area contributed by atoms with E-state index >= 15 is 0 Å². The van der Waals surface area contributed by atoms with Crippen LogP contribution < -0.4 is 0 Å². The van der Waals surface area contributed by atoms with Crippen molar-refractivity contribution in [2.24, 2.45) is 0 Å². The second-order valence-corrected chi connectivity index (χ2v) is 6.04. The highest BCUT2D eigenvalue weighted by Crippen LogP contribution is 1.89. The van der Waals surface area contributed by atoms with Gasteiger partial charge in [0, 0.05) is 28.6 Å². The Balaban J connectivity index is 3.81. The van der Waals surface area contributed by atoms with Gasteiger partial charge in [-0.2, -0.15) is 0 Å². The van der Waals surface area contributed by atoms with Gasteiger partial charge in [0.15, 0.2) is 9.84 Å². The maximum absolute atomic E-state index is 10.8. The molecular formula is C5H12O3S2. The molecule has 0 aliphatic heterocycles. The molecule has 0 radical (unpaired) electrons. The van der Waals surface area contributed by atoms with Crippen LogP contribution in [-0.2, 0) is 20.6 Å². The smallest absolute Gasteiger partial charge is 0.150 e. The molecule has 0 aliphatic carbocycles. The molecule has 0 fully saturated rings. The fourth-order valence-corrected chi connectivity index (χ4v) is 2.63. The Hall–Kier alpha value is 0.1000. The molecule has 0 amide bonds.